The third kappa shape index (κ3) is 2.98. The number of rotatable bonds is 3. The maximum atomic E-state index is 12.7. The first kappa shape index (κ1) is 14.6. The molecule has 1 aromatic heterocycles. The number of nitrogens with one attached hydrogen (secondary N) is 2. The van der Waals surface area contributed by atoms with Crippen molar-refractivity contribution >= 4 is 5.91 Å². The first-order valence-electron chi connectivity index (χ1n) is 8.09. The molecule has 5 heteroatoms. The summed E-state index contributed by atoms with van der Waals surface area (Å²) in [6.45, 7) is 5.31. The minimum atomic E-state index is -0.0738. The molecule has 3 unspecified atom stereocenters. The first-order valence-corrected chi connectivity index (χ1v) is 8.09. The summed E-state index contributed by atoms with van der Waals surface area (Å²) >= 11 is 0. The zero-order valence-corrected chi connectivity index (χ0v) is 13.0. The molecule has 1 saturated carbocycles. The maximum absolute atomic E-state index is 12.7. The minimum Gasteiger partial charge on any atom is -0.350 e. The minimum absolute atomic E-state index is 0.0332. The Balaban J connectivity index is 1.66. The Hall–Kier alpha value is -1.36. The lowest BCUT2D eigenvalue weighted by Crippen LogP contribution is -2.57. The summed E-state index contributed by atoms with van der Waals surface area (Å²) in [5, 5.41) is 6.69. The quantitative estimate of drug-likeness (QED) is 0.893. The van der Waals surface area contributed by atoms with Crippen LogP contribution >= 0.6 is 0 Å². The van der Waals surface area contributed by atoms with Crippen molar-refractivity contribution in [2.45, 2.75) is 64.1 Å². The van der Waals surface area contributed by atoms with Gasteiger partial charge in [0.15, 0.2) is 0 Å². The summed E-state index contributed by atoms with van der Waals surface area (Å²) in [6, 6.07) is 0.504. The molecule has 1 aliphatic heterocycles. The van der Waals surface area contributed by atoms with E-state index in [1.165, 1.54) is 0 Å². The standard InChI is InChI=1S/C16H26N4O/c1-16(2)7-4-8-18-14(16)15(21)19-12-5-3-6-13(12)20-10-9-17-11-20/h9-14,18H,3-8H2,1-2H3,(H,19,21). The Labute approximate surface area is 126 Å². The van der Waals surface area contributed by atoms with Crippen LogP contribution in [0.2, 0.25) is 0 Å². The lowest BCUT2D eigenvalue weighted by atomic mass is 9.77. The molecule has 3 rings (SSSR count). The van der Waals surface area contributed by atoms with Gasteiger partial charge in [-0.3, -0.25) is 4.79 Å². The van der Waals surface area contributed by atoms with Crippen LogP contribution < -0.4 is 10.6 Å². The summed E-state index contributed by atoms with van der Waals surface area (Å²) in [6.07, 6.45) is 11.3. The predicted octanol–water partition coefficient (Wildman–Crippen LogP) is 1.87. The maximum Gasteiger partial charge on any atom is 0.237 e. The number of nitrogens with zero attached hydrogens (tertiary/aromatic N) is 2. The number of hydrogen-bond acceptors (Lipinski definition) is 3. The van der Waals surface area contributed by atoms with E-state index >= 15 is 0 Å². The highest BCUT2D eigenvalue weighted by Gasteiger charge is 2.39. The van der Waals surface area contributed by atoms with Crippen molar-refractivity contribution in [3.63, 3.8) is 0 Å². The lowest BCUT2D eigenvalue weighted by Gasteiger charge is -2.39. The fourth-order valence-corrected chi connectivity index (χ4v) is 3.86. The van der Waals surface area contributed by atoms with Gasteiger partial charge in [0.25, 0.3) is 0 Å². The van der Waals surface area contributed by atoms with E-state index in [-0.39, 0.29) is 23.4 Å². The van der Waals surface area contributed by atoms with Gasteiger partial charge in [-0.2, -0.15) is 0 Å². The Kier molecular flexibility index (Phi) is 4.02. The topological polar surface area (TPSA) is 59.0 Å². The Morgan fingerprint density at radius 3 is 2.95 bits per heavy atom. The molecule has 0 radical (unpaired) electrons. The van der Waals surface area contributed by atoms with Gasteiger partial charge in [-0.1, -0.05) is 13.8 Å². The van der Waals surface area contributed by atoms with Crippen molar-refractivity contribution < 1.29 is 4.79 Å². The molecule has 1 saturated heterocycles. The highest BCUT2D eigenvalue weighted by molar-refractivity contribution is 5.83. The molecule has 0 bridgehead atoms. The number of imidazole rings is 1. The van der Waals surface area contributed by atoms with Crippen molar-refractivity contribution in [1.29, 1.82) is 0 Å². The summed E-state index contributed by atoms with van der Waals surface area (Å²) in [5.74, 6) is 0.164. The van der Waals surface area contributed by atoms with Crippen LogP contribution in [0.3, 0.4) is 0 Å². The SMILES string of the molecule is CC1(C)CCCNC1C(=O)NC1CCCC1n1ccnc1. The van der Waals surface area contributed by atoms with Gasteiger partial charge in [0.1, 0.15) is 0 Å². The van der Waals surface area contributed by atoms with Crippen molar-refractivity contribution in [1.82, 2.24) is 20.2 Å². The molecule has 1 amide bonds. The van der Waals surface area contributed by atoms with Crippen molar-refractivity contribution in [2.75, 3.05) is 6.54 Å². The second-order valence-corrected chi connectivity index (χ2v) is 7.10. The average Bonchev–Trinajstić information content (AvgIpc) is 3.08. The van der Waals surface area contributed by atoms with Gasteiger partial charge >= 0.3 is 0 Å². The number of carbonyl (C=O) groups excluding carboxylic acids is 1. The van der Waals surface area contributed by atoms with Crippen LogP contribution in [-0.4, -0.2) is 34.1 Å². The third-order valence-corrected chi connectivity index (χ3v) is 5.10. The second kappa shape index (κ2) is 5.79. The smallest absolute Gasteiger partial charge is 0.237 e. The van der Waals surface area contributed by atoms with Crippen LogP contribution in [0.5, 0.6) is 0 Å². The van der Waals surface area contributed by atoms with Crippen LogP contribution in [0, 0.1) is 5.41 Å². The van der Waals surface area contributed by atoms with E-state index in [0.29, 0.717) is 6.04 Å². The fourth-order valence-electron chi connectivity index (χ4n) is 3.86. The molecule has 116 valence electrons. The third-order valence-electron chi connectivity index (χ3n) is 5.10. The lowest BCUT2D eigenvalue weighted by molar-refractivity contribution is -0.127. The monoisotopic (exact) mass is 290 g/mol. The molecule has 0 spiro atoms. The number of aromatic nitrogens is 2. The summed E-state index contributed by atoms with van der Waals surface area (Å²) in [5.41, 5.74) is 0.0332. The molecule has 2 N–H and O–H groups in total. The zero-order chi connectivity index (χ0) is 14.9. The van der Waals surface area contributed by atoms with E-state index in [4.69, 9.17) is 0 Å². The van der Waals surface area contributed by atoms with E-state index < -0.39 is 0 Å². The van der Waals surface area contributed by atoms with Gasteiger partial charge in [0.2, 0.25) is 5.91 Å². The van der Waals surface area contributed by atoms with Gasteiger partial charge in [0.05, 0.1) is 18.4 Å². The highest BCUT2D eigenvalue weighted by Crippen LogP contribution is 2.33. The summed E-state index contributed by atoms with van der Waals surface area (Å²) in [7, 11) is 0. The highest BCUT2D eigenvalue weighted by atomic mass is 16.2. The summed E-state index contributed by atoms with van der Waals surface area (Å²) < 4.78 is 2.14. The molecular formula is C16H26N4O. The van der Waals surface area contributed by atoms with E-state index in [1.54, 1.807) is 0 Å². The predicted molar refractivity (Wildman–Crippen MR) is 81.9 cm³/mol. The first-order chi connectivity index (χ1) is 10.1. The molecule has 0 aromatic carbocycles. The van der Waals surface area contributed by atoms with Crippen molar-refractivity contribution in [2.24, 2.45) is 5.41 Å². The molecular weight excluding hydrogens is 264 g/mol. The number of hydrogen-bond donors (Lipinski definition) is 2. The zero-order valence-electron chi connectivity index (χ0n) is 13.0. The fraction of sp³-hybridized carbons (Fsp3) is 0.750. The Morgan fingerprint density at radius 1 is 1.38 bits per heavy atom. The van der Waals surface area contributed by atoms with E-state index in [9.17, 15) is 4.79 Å². The molecule has 2 fully saturated rings. The molecule has 2 heterocycles. The van der Waals surface area contributed by atoms with Gasteiger partial charge in [-0.05, 0) is 44.1 Å². The summed E-state index contributed by atoms with van der Waals surface area (Å²) in [4.78, 5) is 16.8. The van der Waals surface area contributed by atoms with Gasteiger partial charge in [-0.25, -0.2) is 4.98 Å². The van der Waals surface area contributed by atoms with Gasteiger partial charge < -0.3 is 15.2 Å². The van der Waals surface area contributed by atoms with E-state index in [0.717, 1.165) is 38.6 Å². The van der Waals surface area contributed by atoms with Gasteiger partial charge in [0, 0.05) is 18.4 Å². The molecule has 1 aromatic rings. The van der Waals surface area contributed by atoms with Crippen LogP contribution in [-0.2, 0) is 4.79 Å². The second-order valence-electron chi connectivity index (χ2n) is 7.10. The Morgan fingerprint density at radius 2 is 2.24 bits per heavy atom. The van der Waals surface area contributed by atoms with Crippen molar-refractivity contribution in [3.05, 3.63) is 18.7 Å². The van der Waals surface area contributed by atoms with Gasteiger partial charge in [-0.15, -0.1) is 0 Å². The average molecular weight is 290 g/mol. The number of carbonyl (C=O) groups is 1. The van der Waals surface area contributed by atoms with Crippen LogP contribution in [0.25, 0.3) is 0 Å². The number of amides is 1. The molecule has 3 atom stereocenters. The Bertz CT molecular complexity index is 482. The molecule has 5 nitrogen and oxygen atoms in total. The molecule has 1 aliphatic carbocycles. The number of piperidine rings is 1. The normalized spacial score (nSPS) is 32.0. The molecule has 21 heavy (non-hydrogen) atoms. The van der Waals surface area contributed by atoms with Crippen LogP contribution in [0.1, 0.15) is 52.0 Å². The van der Waals surface area contributed by atoms with Crippen LogP contribution in [0.15, 0.2) is 18.7 Å². The molecule has 2 aliphatic rings. The van der Waals surface area contributed by atoms with Crippen LogP contribution in [0.4, 0.5) is 0 Å². The van der Waals surface area contributed by atoms with Crippen molar-refractivity contribution in [3.8, 4) is 0 Å². The largest absolute Gasteiger partial charge is 0.350 e. The van der Waals surface area contributed by atoms with E-state index in [1.807, 2.05) is 18.7 Å². The van der Waals surface area contributed by atoms with E-state index in [2.05, 4.69) is 34.0 Å².